The average molecular weight is 157 g/mol. The van der Waals surface area contributed by atoms with E-state index in [1.165, 1.54) is 0 Å². The van der Waals surface area contributed by atoms with Gasteiger partial charge in [-0.25, -0.2) is 0 Å². The number of amides is 2. The van der Waals surface area contributed by atoms with E-state index in [4.69, 9.17) is 11.5 Å². The van der Waals surface area contributed by atoms with Gasteiger partial charge in [0.05, 0.1) is 0 Å². The van der Waals surface area contributed by atoms with Crippen molar-refractivity contribution >= 4 is 18.5 Å². The summed E-state index contributed by atoms with van der Waals surface area (Å²) in [6.45, 7) is 3.16. The summed E-state index contributed by atoms with van der Waals surface area (Å²) in [5.74, 6) is -1.05. The van der Waals surface area contributed by atoms with Crippen molar-refractivity contribution in [2.75, 3.05) is 0 Å². The topological polar surface area (TPSA) is 98.5 Å². The minimum atomic E-state index is -0.692. The molecule has 0 saturated heterocycles. The lowest BCUT2D eigenvalue weighted by Crippen LogP contribution is -2.28. The molecule has 62 valence electrons. The Morgan fingerprint density at radius 3 is 2.27 bits per heavy atom. The zero-order chi connectivity index (χ0) is 8.85. The third-order valence-electron chi connectivity index (χ3n) is 1.21. The van der Waals surface area contributed by atoms with Gasteiger partial charge >= 0.3 is 0 Å². The highest BCUT2D eigenvalue weighted by atomic mass is 16.1. The van der Waals surface area contributed by atoms with E-state index in [9.17, 15) is 9.59 Å². The molecule has 0 aromatic carbocycles. The van der Waals surface area contributed by atoms with Gasteiger partial charge in [-0.15, -0.1) is 0 Å². The second-order valence-corrected chi connectivity index (χ2v) is 2.11. The third-order valence-corrected chi connectivity index (χ3v) is 1.21. The predicted octanol–water partition coefficient (Wildman–Crippen LogP) is -1.19. The van der Waals surface area contributed by atoms with Crippen molar-refractivity contribution in [2.45, 2.75) is 18.9 Å². The van der Waals surface area contributed by atoms with Crippen LogP contribution in [0.1, 0.15) is 12.8 Å². The Balaban J connectivity index is 3.79. The molecule has 0 bridgehead atoms. The van der Waals surface area contributed by atoms with E-state index in [2.05, 4.69) is 11.7 Å². The molecule has 0 unspecified atom stereocenters. The van der Waals surface area contributed by atoms with Crippen LogP contribution >= 0.6 is 0 Å². The fourth-order valence-electron chi connectivity index (χ4n) is 0.602. The predicted molar refractivity (Wildman–Crippen MR) is 41.0 cm³/mol. The smallest absolute Gasteiger partial charge is 0.242 e. The molecule has 0 aliphatic rings. The SMILES string of the molecule is C=N[C@H](CCC(N)=O)C(N)=O. The van der Waals surface area contributed by atoms with Gasteiger partial charge in [0.25, 0.3) is 0 Å². The highest BCUT2D eigenvalue weighted by Gasteiger charge is 2.12. The van der Waals surface area contributed by atoms with Gasteiger partial charge in [0.2, 0.25) is 11.8 Å². The molecule has 5 nitrogen and oxygen atoms in total. The Morgan fingerprint density at radius 1 is 1.45 bits per heavy atom. The largest absolute Gasteiger partial charge is 0.370 e. The quantitative estimate of drug-likeness (QED) is 0.490. The van der Waals surface area contributed by atoms with Crippen LogP contribution in [0.25, 0.3) is 0 Å². The van der Waals surface area contributed by atoms with Crippen molar-refractivity contribution in [3.63, 3.8) is 0 Å². The molecule has 0 aliphatic heterocycles. The van der Waals surface area contributed by atoms with Crippen LogP contribution in [0.4, 0.5) is 0 Å². The Bertz CT molecular complexity index is 179. The van der Waals surface area contributed by atoms with E-state index in [0.29, 0.717) is 0 Å². The van der Waals surface area contributed by atoms with Crippen molar-refractivity contribution in [1.82, 2.24) is 0 Å². The van der Waals surface area contributed by atoms with Crippen LogP contribution in [0.2, 0.25) is 0 Å². The molecule has 11 heavy (non-hydrogen) atoms. The zero-order valence-corrected chi connectivity index (χ0v) is 6.12. The number of rotatable bonds is 5. The number of hydrogen-bond acceptors (Lipinski definition) is 3. The zero-order valence-electron chi connectivity index (χ0n) is 6.12. The molecule has 0 rings (SSSR count). The van der Waals surface area contributed by atoms with Gasteiger partial charge in [-0.1, -0.05) is 0 Å². The van der Waals surface area contributed by atoms with Crippen molar-refractivity contribution in [3.05, 3.63) is 0 Å². The van der Waals surface area contributed by atoms with Crippen molar-refractivity contribution < 1.29 is 9.59 Å². The number of hydrogen-bond donors (Lipinski definition) is 2. The lowest BCUT2D eigenvalue weighted by atomic mass is 10.1. The number of primary amides is 2. The summed E-state index contributed by atoms with van der Waals surface area (Å²) in [5, 5.41) is 0. The molecule has 0 spiro atoms. The van der Waals surface area contributed by atoms with Gasteiger partial charge in [-0.3, -0.25) is 14.6 Å². The molecule has 2 amide bonds. The van der Waals surface area contributed by atoms with Crippen LogP contribution in [0.5, 0.6) is 0 Å². The van der Waals surface area contributed by atoms with E-state index < -0.39 is 17.9 Å². The van der Waals surface area contributed by atoms with E-state index >= 15 is 0 Å². The van der Waals surface area contributed by atoms with Crippen LogP contribution in [0.15, 0.2) is 4.99 Å². The number of carbonyl (C=O) groups is 2. The summed E-state index contributed by atoms with van der Waals surface area (Å²) in [6.07, 6.45) is 0.348. The lowest BCUT2D eigenvalue weighted by Gasteiger charge is -2.04. The first-order valence-electron chi connectivity index (χ1n) is 3.11. The maximum Gasteiger partial charge on any atom is 0.242 e. The Morgan fingerprint density at radius 2 is 2.00 bits per heavy atom. The van der Waals surface area contributed by atoms with Crippen LogP contribution in [-0.2, 0) is 9.59 Å². The fraction of sp³-hybridized carbons (Fsp3) is 0.500. The molecule has 0 saturated carbocycles. The average Bonchev–Trinajstić information content (AvgIpc) is 1.87. The first-order valence-corrected chi connectivity index (χ1v) is 3.11. The molecule has 0 aromatic heterocycles. The van der Waals surface area contributed by atoms with E-state index in [1.807, 2.05) is 0 Å². The first-order chi connectivity index (χ1) is 5.07. The molecule has 0 aliphatic carbocycles. The Hall–Kier alpha value is -1.39. The van der Waals surface area contributed by atoms with Crippen molar-refractivity contribution in [1.29, 1.82) is 0 Å². The fourth-order valence-corrected chi connectivity index (χ4v) is 0.602. The summed E-state index contributed by atoms with van der Waals surface area (Å²) >= 11 is 0. The Kier molecular flexibility index (Phi) is 3.87. The monoisotopic (exact) mass is 157 g/mol. The summed E-state index contributed by atoms with van der Waals surface area (Å²) in [5.41, 5.74) is 9.75. The summed E-state index contributed by atoms with van der Waals surface area (Å²) in [6, 6.07) is -0.692. The second-order valence-electron chi connectivity index (χ2n) is 2.11. The van der Waals surface area contributed by atoms with Gasteiger partial charge in [0.15, 0.2) is 0 Å². The van der Waals surface area contributed by atoms with Gasteiger partial charge in [0, 0.05) is 6.42 Å². The molecule has 0 radical (unpaired) electrons. The number of nitrogens with two attached hydrogens (primary N) is 2. The summed E-state index contributed by atoms with van der Waals surface area (Å²) < 4.78 is 0. The van der Waals surface area contributed by atoms with Gasteiger partial charge < -0.3 is 11.5 Å². The maximum absolute atomic E-state index is 10.5. The van der Waals surface area contributed by atoms with Crippen LogP contribution in [-0.4, -0.2) is 24.6 Å². The molecule has 0 fully saturated rings. The minimum Gasteiger partial charge on any atom is -0.370 e. The normalized spacial score (nSPS) is 12.0. The second kappa shape index (κ2) is 4.43. The van der Waals surface area contributed by atoms with Crippen LogP contribution in [0.3, 0.4) is 0 Å². The lowest BCUT2D eigenvalue weighted by molar-refractivity contribution is -0.120. The molecule has 4 N–H and O–H groups in total. The highest BCUT2D eigenvalue weighted by molar-refractivity contribution is 5.82. The number of aliphatic imine (C=N–C) groups is 1. The van der Waals surface area contributed by atoms with Gasteiger partial charge in [0.1, 0.15) is 6.04 Å². The first kappa shape index (κ1) is 9.61. The van der Waals surface area contributed by atoms with E-state index in [-0.39, 0.29) is 12.8 Å². The minimum absolute atomic E-state index is 0.104. The van der Waals surface area contributed by atoms with Gasteiger partial charge in [-0.05, 0) is 13.1 Å². The van der Waals surface area contributed by atoms with E-state index in [1.54, 1.807) is 0 Å². The standard InChI is InChI=1S/C6H11N3O2/c1-9-4(6(8)11)2-3-5(7)10/h4H,1-3H2,(H2,7,10)(H2,8,11)/t4-/m1/s1. The molecule has 0 heterocycles. The number of carbonyl (C=O) groups excluding carboxylic acids is 2. The molecular formula is C6H11N3O2. The molecule has 0 aromatic rings. The summed E-state index contributed by atoms with van der Waals surface area (Å²) in [7, 11) is 0. The van der Waals surface area contributed by atoms with Crippen LogP contribution < -0.4 is 11.5 Å². The maximum atomic E-state index is 10.5. The molecule has 1 atom stereocenters. The van der Waals surface area contributed by atoms with Crippen LogP contribution in [0, 0.1) is 0 Å². The van der Waals surface area contributed by atoms with E-state index in [0.717, 1.165) is 0 Å². The summed E-state index contributed by atoms with van der Waals surface area (Å²) in [4.78, 5) is 24.2. The van der Waals surface area contributed by atoms with Crippen molar-refractivity contribution in [3.8, 4) is 0 Å². The number of nitrogens with zero attached hydrogens (tertiary/aromatic N) is 1. The third kappa shape index (κ3) is 4.07. The van der Waals surface area contributed by atoms with Crippen molar-refractivity contribution in [2.24, 2.45) is 16.5 Å². The van der Waals surface area contributed by atoms with Gasteiger partial charge in [-0.2, -0.15) is 0 Å². The highest BCUT2D eigenvalue weighted by Crippen LogP contribution is 1.99. The Labute approximate surface area is 64.5 Å². The molecule has 5 heteroatoms. The molecular weight excluding hydrogens is 146 g/mol.